The fourth-order valence-corrected chi connectivity index (χ4v) is 3.13. The number of aryl methyl sites for hydroxylation is 1. The number of para-hydroxylation sites is 1. The van der Waals surface area contributed by atoms with Gasteiger partial charge in [-0.15, -0.1) is 11.3 Å². The smallest absolute Gasteiger partial charge is 0.256 e. The van der Waals surface area contributed by atoms with Gasteiger partial charge in [-0.2, -0.15) is 0 Å². The molecule has 0 atom stereocenters. The number of anilines is 3. The van der Waals surface area contributed by atoms with Crippen molar-refractivity contribution in [3.63, 3.8) is 0 Å². The zero-order valence-electron chi connectivity index (χ0n) is 13.1. The van der Waals surface area contributed by atoms with Gasteiger partial charge in [0.25, 0.3) is 5.91 Å². The van der Waals surface area contributed by atoms with Crippen LogP contribution in [0.25, 0.3) is 0 Å². The Labute approximate surface area is 140 Å². The second kappa shape index (κ2) is 6.67. The summed E-state index contributed by atoms with van der Waals surface area (Å²) in [4.78, 5) is 13.5. The van der Waals surface area contributed by atoms with Crippen molar-refractivity contribution in [2.45, 2.75) is 13.8 Å². The van der Waals surface area contributed by atoms with Crippen LogP contribution in [0.3, 0.4) is 0 Å². The molecule has 0 fully saturated rings. The van der Waals surface area contributed by atoms with Gasteiger partial charge in [-0.3, -0.25) is 4.79 Å². The first kappa shape index (κ1) is 15.3. The van der Waals surface area contributed by atoms with Crippen LogP contribution in [0, 0.1) is 13.8 Å². The van der Waals surface area contributed by atoms with Crippen LogP contribution < -0.4 is 10.6 Å². The maximum Gasteiger partial charge on any atom is 0.256 e. The van der Waals surface area contributed by atoms with Crippen LogP contribution in [0.1, 0.15) is 20.8 Å². The van der Waals surface area contributed by atoms with Gasteiger partial charge in [-0.05, 0) is 55.8 Å². The van der Waals surface area contributed by atoms with Crippen LogP contribution in [0.15, 0.2) is 60.0 Å². The summed E-state index contributed by atoms with van der Waals surface area (Å²) in [6.07, 6.45) is 0. The number of thiophene rings is 1. The molecule has 2 aromatic carbocycles. The minimum Gasteiger partial charge on any atom is -0.356 e. The summed E-state index contributed by atoms with van der Waals surface area (Å²) in [6, 6.07) is 17.7. The fourth-order valence-electron chi connectivity index (χ4n) is 2.26. The average Bonchev–Trinajstić information content (AvgIpc) is 2.90. The van der Waals surface area contributed by atoms with Crippen LogP contribution >= 0.6 is 11.3 Å². The lowest BCUT2D eigenvalue weighted by Crippen LogP contribution is -2.12. The first-order valence-corrected chi connectivity index (χ1v) is 8.29. The molecule has 0 saturated heterocycles. The summed E-state index contributed by atoms with van der Waals surface area (Å²) in [6.45, 7) is 4.01. The summed E-state index contributed by atoms with van der Waals surface area (Å²) in [5.41, 5.74) is 4.61. The fraction of sp³-hybridized carbons (Fsp3) is 0.105. The summed E-state index contributed by atoms with van der Waals surface area (Å²) in [5.74, 6) is -0.0596. The molecule has 0 aliphatic rings. The van der Waals surface area contributed by atoms with E-state index in [2.05, 4.69) is 10.6 Å². The van der Waals surface area contributed by atoms with Crippen molar-refractivity contribution in [1.82, 2.24) is 0 Å². The third-order valence-electron chi connectivity index (χ3n) is 3.74. The van der Waals surface area contributed by atoms with Crippen molar-refractivity contribution in [3.05, 3.63) is 76.0 Å². The molecule has 3 aromatic rings. The van der Waals surface area contributed by atoms with Gasteiger partial charge in [0.15, 0.2) is 0 Å². The number of hydrogen-bond donors (Lipinski definition) is 2. The van der Waals surface area contributed by atoms with Gasteiger partial charge >= 0.3 is 0 Å². The van der Waals surface area contributed by atoms with Crippen molar-refractivity contribution < 1.29 is 4.79 Å². The Kier molecular flexibility index (Phi) is 4.44. The van der Waals surface area contributed by atoms with Crippen molar-refractivity contribution in [2.75, 3.05) is 10.6 Å². The van der Waals surface area contributed by atoms with E-state index in [0.717, 1.165) is 28.2 Å². The molecule has 0 aliphatic heterocycles. The zero-order valence-corrected chi connectivity index (χ0v) is 13.9. The monoisotopic (exact) mass is 322 g/mol. The van der Waals surface area contributed by atoms with E-state index in [1.54, 1.807) is 11.3 Å². The SMILES string of the molecule is Cc1scc(C(=O)Nc2ccc(Nc3ccccc3)cc2)c1C. The lowest BCUT2D eigenvalue weighted by atomic mass is 10.1. The highest BCUT2D eigenvalue weighted by atomic mass is 32.1. The highest BCUT2D eigenvalue weighted by Crippen LogP contribution is 2.23. The van der Waals surface area contributed by atoms with Gasteiger partial charge in [0.1, 0.15) is 0 Å². The van der Waals surface area contributed by atoms with E-state index in [1.807, 2.05) is 73.8 Å². The lowest BCUT2D eigenvalue weighted by molar-refractivity contribution is 0.102. The number of hydrogen-bond acceptors (Lipinski definition) is 3. The van der Waals surface area contributed by atoms with Crippen LogP contribution in [0.5, 0.6) is 0 Å². The van der Waals surface area contributed by atoms with E-state index < -0.39 is 0 Å². The van der Waals surface area contributed by atoms with Crippen LogP contribution in [0.4, 0.5) is 17.1 Å². The maximum atomic E-state index is 12.3. The Balaban J connectivity index is 1.68. The number of amides is 1. The molecule has 3 rings (SSSR count). The molecular formula is C19H18N2OS. The number of rotatable bonds is 4. The molecule has 0 bridgehead atoms. The predicted octanol–water partition coefficient (Wildman–Crippen LogP) is 5.36. The molecule has 0 unspecified atom stereocenters. The molecule has 1 heterocycles. The van der Waals surface area contributed by atoms with E-state index >= 15 is 0 Å². The second-order valence-electron chi connectivity index (χ2n) is 5.35. The maximum absolute atomic E-state index is 12.3. The average molecular weight is 322 g/mol. The van der Waals surface area contributed by atoms with E-state index in [4.69, 9.17) is 0 Å². The second-order valence-corrected chi connectivity index (χ2v) is 6.44. The molecule has 4 heteroatoms. The van der Waals surface area contributed by atoms with Crippen molar-refractivity contribution in [2.24, 2.45) is 0 Å². The molecule has 2 N–H and O–H groups in total. The lowest BCUT2D eigenvalue weighted by Gasteiger charge is -2.08. The van der Waals surface area contributed by atoms with Crippen molar-refractivity contribution in [3.8, 4) is 0 Å². The molecule has 1 amide bonds. The Bertz CT molecular complexity index is 807. The number of benzene rings is 2. The minimum absolute atomic E-state index is 0.0596. The molecule has 1 aromatic heterocycles. The topological polar surface area (TPSA) is 41.1 Å². The zero-order chi connectivity index (χ0) is 16.2. The predicted molar refractivity (Wildman–Crippen MR) is 97.9 cm³/mol. The molecule has 0 aliphatic carbocycles. The third kappa shape index (κ3) is 3.60. The minimum atomic E-state index is -0.0596. The number of carbonyl (C=O) groups is 1. The quantitative estimate of drug-likeness (QED) is 0.679. The van der Waals surface area contributed by atoms with E-state index in [1.165, 1.54) is 4.88 Å². The van der Waals surface area contributed by atoms with Crippen LogP contribution in [-0.2, 0) is 0 Å². The standard InChI is InChI=1S/C19H18N2OS/c1-13-14(2)23-12-18(13)19(22)21-17-10-8-16(9-11-17)20-15-6-4-3-5-7-15/h3-12,20H,1-2H3,(H,21,22). The van der Waals surface area contributed by atoms with Gasteiger partial charge < -0.3 is 10.6 Å². The molecule has 116 valence electrons. The largest absolute Gasteiger partial charge is 0.356 e. The van der Waals surface area contributed by atoms with E-state index in [-0.39, 0.29) is 5.91 Å². The molecule has 0 spiro atoms. The highest BCUT2D eigenvalue weighted by Gasteiger charge is 2.12. The van der Waals surface area contributed by atoms with E-state index in [0.29, 0.717) is 0 Å². The Morgan fingerprint density at radius 3 is 2.09 bits per heavy atom. The van der Waals surface area contributed by atoms with Gasteiger partial charge in [0.05, 0.1) is 5.56 Å². The van der Waals surface area contributed by atoms with Gasteiger partial charge in [0, 0.05) is 27.3 Å². The van der Waals surface area contributed by atoms with Crippen molar-refractivity contribution in [1.29, 1.82) is 0 Å². The summed E-state index contributed by atoms with van der Waals surface area (Å²) in [5, 5.41) is 8.17. The first-order chi connectivity index (χ1) is 11.1. The Hall–Kier alpha value is -2.59. The first-order valence-electron chi connectivity index (χ1n) is 7.41. The Morgan fingerprint density at radius 1 is 0.870 bits per heavy atom. The highest BCUT2D eigenvalue weighted by molar-refractivity contribution is 7.10. The number of nitrogens with one attached hydrogen (secondary N) is 2. The summed E-state index contributed by atoms with van der Waals surface area (Å²) >= 11 is 1.60. The number of carbonyl (C=O) groups excluding carboxylic acids is 1. The third-order valence-corrected chi connectivity index (χ3v) is 4.75. The van der Waals surface area contributed by atoms with Gasteiger partial charge in [0.2, 0.25) is 0 Å². The van der Waals surface area contributed by atoms with Crippen molar-refractivity contribution >= 4 is 34.3 Å². The van der Waals surface area contributed by atoms with Crippen LogP contribution in [0.2, 0.25) is 0 Å². The normalized spacial score (nSPS) is 10.3. The van der Waals surface area contributed by atoms with Crippen LogP contribution in [-0.4, -0.2) is 5.91 Å². The van der Waals surface area contributed by atoms with Gasteiger partial charge in [-0.1, -0.05) is 18.2 Å². The molecule has 23 heavy (non-hydrogen) atoms. The Morgan fingerprint density at radius 2 is 1.48 bits per heavy atom. The molecular weight excluding hydrogens is 304 g/mol. The molecule has 0 radical (unpaired) electrons. The summed E-state index contributed by atoms with van der Waals surface area (Å²) in [7, 11) is 0. The van der Waals surface area contributed by atoms with E-state index in [9.17, 15) is 4.79 Å². The van der Waals surface area contributed by atoms with Gasteiger partial charge in [-0.25, -0.2) is 0 Å². The molecule has 0 saturated carbocycles. The molecule has 3 nitrogen and oxygen atoms in total. The summed E-state index contributed by atoms with van der Waals surface area (Å²) < 4.78 is 0.